The molecule has 3 N–H and O–H groups in total. The summed E-state index contributed by atoms with van der Waals surface area (Å²) in [5.41, 5.74) is 6.94. The molecule has 0 aromatic carbocycles. The van der Waals surface area contributed by atoms with Crippen LogP contribution in [0.2, 0.25) is 0 Å². The van der Waals surface area contributed by atoms with Crippen molar-refractivity contribution in [3.05, 3.63) is 10.6 Å². The molecule has 2 rings (SSSR count). The summed E-state index contributed by atoms with van der Waals surface area (Å²) in [6, 6.07) is 0.225. The van der Waals surface area contributed by atoms with Gasteiger partial charge in [0.25, 0.3) is 0 Å². The van der Waals surface area contributed by atoms with Crippen molar-refractivity contribution in [1.29, 1.82) is 0 Å². The Bertz CT molecular complexity index is 391. The second-order valence-corrected chi connectivity index (χ2v) is 4.82. The van der Waals surface area contributed by atoms with Crippen LogP contribution in [-0.4, -0.2) is 23.7 Å². The number of hydrogen-bond acceptors (Lipinski definition) is 5. The second-order valence-electron chi connectivity index (χ2n) is 3.74. The number of nitrogens with zero attached hydrogens (tertiary/aromatic N) is 1. The molecule has 1 aromatic heterocycles. The summed E-state index contributed by atoms with van der Waals surface area (Å²) in [5, 5.41) is 3.23. The first-order chi connectivity index (χ1) is 7.69. The molecule has 0 fully saturated rings. The SMILES string of the molecule is CCOC(=O)Nc1nc2c(s1)CC(N)CC2. The van der Waals surface area contributed by atoms with Crippen molar-refractivity contribution in [2.24, 2.45) is 5.73 Å². The Hall–Kier alpha value is -1.14. The molecule has 1 atom stereocenters. The summed E-state index contributed by atoms with van der Waals surface area (Å²) in [4.78, 5) is 16.7. The number of carbonyl (C=O) groups is 1. The minimum atomic E-state index is -0.446. The normalized spacial score (nSPS) is 19.0. The fourth-order valence-electron chi connectivity index (χ4n) is 1.71. The molecular formula is C10H15N3O2S. The number of nitrogens with one attached hydrogen (secondary N) is 1. The van der Waals surface area contributed by atoms with E-state index in [0.717, 1.165) is 25.0 Å². The Kier molecular flexibility index (Phi) is 3.40. The van der Waals surface area contributed by atoms with Crippen molar-refractivity contribution >= 4 is 22.6 Å². The fraction of sp³-hybridized carbons (Fsp3) is 0.600. The minimum absolute atomic E-state index is 0.225. The van der Waals surface area contributed by atoms with Gasteiger partial charge >= 0.3 is 6.09 Å². The molecule has 1 aromatic rings. The average Bonchev–Trinajstić information content (AvgIpc) is 2.59. The summed E-state index contributed by atoms with van der Waals surface area (Å²) < 4.78 is 4.79. The molecule has 1 heterocycles. The molecule has 5 nitrogen and oxygen atoms in total. The van der Waals surface area contributed by atoms with Crippen LogP contribution in [0.1, 0.15) is 23.9 Å². The number of hydrogen-bond donors (Lipinski definition) is 2. The van der Waals surface area contributed by atoms with Crippen molar-refractivity contribution in [2.45, 2.75) is 32.2 Å². The molecule has 0 saturated heterocycles. The highest BCUT2D eigenvalue weighted by Crippen LogP contribution is 2.29. The molecule has 1 aliphatic carbocycles. The summed E-state index contributed by atoms with van der Waals surface area (Å²) in [5.74, 6) is 0. The Morgan fingerprint density at radius 3 is 3.31 bits per heavy atom. The van der Waals surface area contributed by atoms with Crippen molar-refractivity contribution in [1.82, 2.24) is 4.98 Å². The number of fused-ring (bicyclic) bond motifs is 1. The Morgan fingerprint density at radius 2 is 2.56 bits per heavy atom. The van der Waals surface area contributed by atoms with Gasteiger partial charge in [-0.1, -0.05) is 0 Å². The van der Waals surface area contributed by atoms with Gasteiger partial charge < -0.3 is 10.5 Å². The number of rotatable bonds is 2. The molecule has 16 heavy (non-hydrogen) atoms. The lowest BCUT2D eigenvalue weighted by Crippen LogP contribution is -2.27. The molecule has 88 valence electrons. The predicted molar refractivity (Wildman–Crippen MR) is 62.8 cm³/mol. The molecule has 1 unspecified atom stereocenters. The molecule has 0 bridgehead atoms. The minimum Gasteiger partial charge on any atom is -0.450 e. The third-order valence-corrected chi connectivity index (χ3v) is 3.50. The quantitative estimate of drug-likeness (QED) is 0.823. The molecule has 0 aliphatic heterocycles. The van der Waals surface area contributed by atoms with E-state index in [-0.39, 0.29) is 6.04 Å². The molecule has 0 saturated carbocycles. The molecular weight excluding hydrogens is 226 g/mol. The van der Waals surface area contributed by atoms with E-state index in [0.29, 0.717) is 11.7 Å². The van der Waals surface area contributed by atoms with Crippen molar-refractivity contribution < 1.29 is 9.53 Å². The van der Waals surface area contributed by atoms with E-state index in [1.54, 1.807) is 6.92 Å². The molecule has 1 aliphatic rings. The van der Waals surface area contributed by atoms with Gasteiger partial charge in [0, 0.05) is 10.9 Å². The lowest BCUT2D eigenvalue weighted by molar-refractivity contribution is 0.168. The first-order valence-electron chi connectivity index (χ1n) is 5.37. The van der Waals surface area contributed by atoms with E-state index >= 15 is 0 Å². The highest BCUT2D eigenvalue weighted by Gasteiger charge is 2.20. The number of thiazole rings is 1. The highest BCUT2D eigenvalue weighted by atomic mass is 32.1. The van der Waals surface area contributed by atoms with E-state index in [4.69, 9.17) is 10.5 Å². The lowest BCUT2D eigenvalue weighted by Gasteiger charge is -2.15. The largest absolute Gasteiger partial charge is 0.450 e. The molecule has 0 spiro atoms. The Balaban J connectivity index is 2.04. The zero-order valence-corrected chi connectivity index (χ0v) is 9.97. The van der Waals surface area contributed by atoms with E-state index in [2.05, 4.69) is 10.3 Å². The van der Waals surface area contributed by atoms with Gasteiger partial charge in [0.1, 0.15) is 0 Å². The summed E-state index contributed by atoms with van der Waals surface area (Å²) in [6.45, 7) is 2.13. The van der Waals surface area contributed by atoms with Crippen LogP contribution >= 0.6 is 11.3 Å². The zero-order chi connectivity index (χ0) is 11.5. The zero-order valence-electron chi connectivity index (χ0n) is 9.16. The summed E-state index contributed by atoms with van der Waals surface area (Å²) >= 11 is 1.49. The smallest absolute Gasteiger partial charge is 0.413 e. The average molecular weight is 241 g/mol. The van der Waals surface area contributed by atoms with Crippen LogP contribution in [0.25, 0.3) is 0 Å². The van der Waals surface area contributed by atoms with E-state index < -0.39 is 6.09 Å². The maximum atomic E-state index is 11.2. The number of nitrogens with two attached hydrogens (primary N) is 1. The fourth-order valence-corrected chi connectivity index (χ4v) is 2.79. The van der Waals surface area contributed by atoms with Gasteiger partial charge in [-0.3, -0.25) is 5.32 Å². The van der Waals surface area contributed by atoms with Gasteiger partial charge in [0.2, 0.25) is 0 Å². The van der Waals surface area contributed by atoms with Gasteiger partial charge in [-0.15, -0.1) is 11.3 Å². The van der Waals surface area contributed by atoms with Crippen LogP contribution in [0.4, 0.5) is 9.93 Å². The van der Waals surface area contributed by atoms with E-state index in [9.17, 15) is 4.79 Å². The monoisotopic (exact) mass is 241 g/mol. The van der Waals surface area contributed by atoms with Crippen molar-refractivity contribution in [3.8, 4) is 0 Å². The van der Waals surface area contributed by atoms with Crippen molar-refractivity contribution in [2.75, 3.05) is 11.9 Å². The van der Waals surface area contributed by atoms with Gasteiger partial charge in [-0.25, -0.2) is 9.78 Å². The van der Waals surface area contributed by atoms with Crippen LogP contribution < -0.4 is 11.1 Å². The van der Waals surface area contributed by atoms with Gasteiger partial charge in [-0.2, -0.15) is 0 Å². The number of carbonyl (C=O) groups excluding carboxylic acids is 1. The maximum absolute atomic E-state index is 11.2. The first kappa shape index (κ1) is 11.3. The van der Waals surface area contributed by atoms with Crippen LogP contribution in [-0.2, 0) is 17.6 Å². The third-order valence-electron chi connectivity index (χ3n) is 2.46. The van der Waals surface area contributed by atoms with Gasteiger partial charge in [0.05, 0.1) is 12.3 Å². The highest BCUT2D eigenvalue weighted by molar-refractivity contribution is 7.15. The first-order valence-corrected chi connectivity index (χ1v) is 6.18. The number of aromatic nitrogens is 1. The van der Waals surface area contributed by atoms with Crippen molar-refractivity contribution in [3.63, 3.8) is 0 Å². The standard InChI is InChI=1S/C10H15N3O2S/c1-2-15-10(14)13-9-12-7-4-3-6(11)5-8(7)16-9/h6H,2-5,11H2,1H3,(H,12,13,14). The van der Waals surface area contributed by atoms with Gasteiger partial charge in [0.15, 0.2) is 5.13 Å². The van der Waals surface area contributed by atoms with Crippen LogP contribution in [0.5, 0.6) is 0 Å². The van der Waals surface area contributed by atoms with Crippen LogP contribution in [0.3, 0.4) is 0 Å². The molecule has 0 radical (unpaired) electrons. The molecule has 1 amide bonds. The van der Waals surface area contributed by atoms with Crippen LogP contribution in [0, 0.1) is 0 Å². The number of anilines is 1. The lowest BCUT2D eigenvalue weighted by atomic mass is 9.99. The molecule has 6 heteroatoms. The second kappa shape index (κ2) is 4.80. The van der Waals surface area contributed by atoms with E-state index in [1.165, 1.54) is 16.2 Å². The Morgan fingerprint density at radius 1 is 1.75 bits per heavy atom. The van der Waals surface area contributed by atoms with Gasteiger partial charge in [-0.05, 0) is 26.2 Å². The Labute approximate surface area is 98.0 Å². The summed E-state index contributed by atoms with van der Waals surface area (Å²) in [6.07, 6.45) is 2.28. The predicted octanol–water partition coefficient (Wildman–Crippen LogP) is 1.53. The van der Waals surface area contributed by atoms with Crippen LogP contribution in [0.15, 0.2) is 0 Å². The number of aryl methyl sites for hydroxylation is 1. The third kappa shape index (κ3) is 2.51. The topological polar surface area (TPSA) is 77.2 Å². The number of ether oxygens (including phenoxy) is 1. The number of amides is 1. The summed E-state index contributed by atoms with van der Waals surface area (Å²) in [7, 11) is 0. The maximum Gasteiger partial charge on any atom is 0.413 e. The van der Waals surface area contributed by atoms with E-state index in [1.807, 2.05) is 0 Å².